The van der Waals surface area contributed by atoms with Gasteiger partial charge in [0.2, 0.25) is 0 Å². The van der Waals surface area contributed by atoms with Crippen molar-refractivity contribution in [3.8, 4) is 0 Å². The van der Waals surface area contributed by atoms with Crippen LogP contribution in [0.2, 0.25) is 0 Å². The Morgan fingerprint density at radius 1 is 1.35 bits per heavy atom. The molecule has 3 nitrogen and oxygen atoms in total. The first kappa shape index (κ1) is 14.8. The van der Waals surface area contributed by atoms with Gasteiger partial charge in [-0.05, 0) is 24.1 Å². The summed E-state index contributed by atoms with van der Waals surface area (Å²) >= 11 is 0. The molecule has 0 saturated carbocycles. The first-order chi connectivity index (χ1) is 9.27. The van der Waals surface area contributed by atoms with Crippen molar-refractivity contribution in [2.45, 2.75) is 31.5 Å². The van der Waals surface area contributed by atoms with Gasteiger partial charge in [0.1, 0.15) is 0 Å². The number of aliphatic hydroxyl groups is 1. The van der Waals surface area contributed by atoms with Gasteiger partial charge in [-0.1, -0.05) is 19.1 Å². The SMILES string of the molecule is CCc1ccc(C(=O)N2CCC(O)(C(F)(F)F)C2)cc1. The van der Waals surface area contributed by atoms with E-state index in [1.807, 2.05) is 6.92 Å². The smallest absolute Gasteiger partial charge is 0.379 e. The van der Waals surface area contributed by atoms with Crippen molar-refractivity contribution < 1.29 is 23.1 Å². The zero-order chi connectivity index (χ0) is 15.0. The van der Waals surface area contributed by atoms with E-state index in [0.717, 1.165) is 16.9 Å². The normalized spacial score (nSPS) is 23.1. The number of carbonyl (C=O) groups is 1. The van der Waals surface area contributed by atoms with Crippen LogP contribution in [0.25, 0.3) is 0 Å². The lowest BCUT2D eigenvalue weighted by Gasteiger charge is -2.25. The zero-order valence-electron chi connectivity index (χ0n) is 11.1. The second kappa shape index (κ2) is 5.09. The Morgan fingerprint density at radius 3 is 2.40 bits per heavy atom. The molecule has 1 aliphatic heterocycles. The predicted octanol–water partition coefficient (Wildman–Crippen LogP) is 2.39. The molecule has 1 fully saturated rings. The highest BCUT2D eigenvalue weighted by atomic mass is 19.4. The van der Waals surface area contributed by atoms with Crippen LogP contribution in [0.5, 0.6) is 0 Å². The average Bonchev–Trinajstić information content (AvgIpc) is 2.82. The molecule has 0 bridgehead atoms. The van der Waals surface area contributed by atoms with Crippen LogP contribution >= 0.6 is 0 Å². The number of β-amino-alcohol motifs (C(OH)–C–C–N with tert-alkyl or cyclic N) is 1. The number of rotatable bonds is 2. The van der Waals surface area contributed by atoms with Gasteiger partial charge in [-0.15, -0.1) is 0 Å². The number of carbonyl (C=O) groups excluding carboxylic acids is 1. The molecule has 110 valence electrons. The molecule has 1 heterocycles. The van der Waals surface area contributed by atoms with Crippen molar-refractivity contribution >= 4 is 5.91 Å². The van der Waals surface area contributed by atoms with Crippen molar-refractivity contribution in [1.29, 1.82) is 0 Å². The minimum atomic E-state index is -4.71. The summed E-state index contributed by atoms with van der Waals surface area (Å²) in [5.74, 6) is -0.479. The molecule has 6 heteroatoms. The van der Waals surface area contributed by atoms with Crippen LogP contribution in [0.15, 0.2) is 24.3 Å². The van der Waals surface area contributed by atoms with Crippen molar-refractivity contribution in [2.75, 3.05) is 13.1 Å². The monoisotopic (exact) mass is 287 g/mol. The van der Waals surface area contributed by atoms with Gasteiger partial charge in [0.25, 0.3) is 5.91 Å². The summed E-state index contributed by atoms with van der Waals surface area (Å²) in [7, 11) is 0. The van der Waals surface area contributed by atoms with Gasteiger partial charge >= 0.3 is 6.18 Å². The fourth-order valence-corrected chi connectivity index (χ4v) is 2.26. The van der Waals surface area contributed by atoms with Crippen LogP contribution in [-0.2, 0) is 6.42 Å². The standard InChI is InChI=1S/C14H16F3NO2/c1-2-10-3-5-11(6-4-10)12(19)18-8-7-13(20,9-18)14(15,16)17/h3-6,20H,2,7-9H2,1H3. The molecule has 1 unspecified atom stereocenters. The molecule has 0 aliphatic carbocycles. The minimum Gasteiger partial charge on any atom is -0.379 e. The number of aryl methyl sites for hydroxylation is 1. The number of likely N-dealkylation sites (tertiary alicyclic amines) is 1. The summed E-state index contributed by atoms with van der Waals surface area (Å²) in [6, 6.07) is 6.76. The lowest BCUT2D eigenvalue weighted by molar-refractivity contribution is -0.253. The van der Waals surface area contributed by atoms with Crippen LogP contribution < -0.4 is 0 Å². The summed E-state index contributed by atoms with van der Waals surface area (Å²) in [5, 5.41) is 9.56. The number of nitrogens with zero attached hydrogens (tertiary/aromatic N) is 1. The van der Waals surface area contributed by atoms with Gasteiger partial charge in [0, 0.05) is 18.5 Å². The first-order valence-electron chi connectivity index (χ1n) is 6.44. The molecule has 1 N–H and O–H groups in total. The lowest BCUT2D eigenvalue weighted by atomic mass is 10.0. The first-order valence-corrected chi connectivity index (χ1v) is 6.44. The average molecular weight is 287 g/mol. The topological polar surface area (TPSA) is 40.5 Å². The van der Waals surface area contributed by atoms with Gasteiger partial charge in [-0.2, -0.15) is 13.2 Å². The van der Waals surface area contributed by atoms with Crippen LogP contribution in [-0.4, -0.2) is 40.8 Å². The molecule has 1 aromatic carbocycles. The van der Waals surface area contributed by atoms with E-state index in [9.17, 15) is 23.1 Å². The quantitative estimate of drug-likeness (QED) is 0.907. The Labute approximate surface area is 115 Å². The Balaban J connectivity index is 2.11. The third kappa shape index (κ3) is 2.65. The Kier molecular flexibility index (Phi) is 3.77. The summed E-state index contributed by atoms with van der Waals surface area (Å²) in [4.78, 5) is 13.2. The van der Waals surface area contributed by atoms with Crippen molar-refractivity contribution in [1.82, 2.24) is 4.90 Å². The number of amides is 1. The van der Waals surface area contributed by atoms with Gasteiger partial charge in [0.05, 0.1) is 6.54 Å². The van der Waals surface area contributed by atoms with Gasteiger partial charge in [-0.25, -0.2) is 0 Å². The Morgan fingerprint density at radius 2 is 1.95 bits per heavy atom. The highest BCUT2D eigenvalue weighted by Crippen LogP contribution is 2.37. The molecule has 0 spiro atoms. The summed E-state index contributed by atoms with van der Waals surface area (Å²) in [6.07, 6.45) is -4.37. The van der Waals surface area contributed by atoms with Crippen molar-refractivity contribution in [3.63, 3.8) is 0 Å². The summed E-state index contributed by atoms with van der Waals surface area (Å²) in [6.45, 7) is 1.18. The van der Waals surface area contributed by atoms with E-state index < -0.39 is 30.7 Å². The molecular formula is C14H16F3NO2. The molecular weight excluding hydrogens is 271 g/mol. The second-order valence-corrected chi connectivity index (χ2v) is 5.06. The summed E-state index contributed by atoms with van der Waals surface area (Å²) in [5.41, 5.74) is -1.39. The van der Waals surface area contributed by atoms with Crippen LogP contribution in [0, 0.1) is 0 Å². The van der Waals surface area contributed by atoms with Crippen molar-refractivity contribution in [3.05, 3.63) is 35.4 Å². The van der Waals surface area contributed by atoms with Crippen molar-refractivity contribution in [2.24, 2.45) is 0 Å². The van der Waals surface area contributed by atoms with Crippen LogP contribution in [0.4, 0.5) is 13.2 Å². The number of hydrogen-bond donors (Lipinski definition) is 1. The fourth-order valence-electron chi connectivity index (χ4n) is 2.26. The lowest BCUT2D eigenvalue weighted by Crippen LogP contribution is -2.48. The number of alkyl halides is 3. The molecule has 1 aliphatic rings. The third-order valence-corrected chi connectivity index (χ3v) is 3.67. The maximum absolute atomic E-state index is 12.7. The van der Waals surface area contributed by atoms with Gasteiger partial charge in [-0.3, -0.25) is 4.79 Å². The Hall–Kier alpha value is -1.56. The van der Waals surface area contributed by atoms with E-state index in [2.05, 4.69) is 0 Å². The van der Waals surface area contributed by atoms with Crippen LogP contribution in [0.1, 0.15) is 29.3 Å². The molecule has 0 radical (unpaired) electrons. The third-order valence-electron chi connectivity index (χ3n) is 3.67. The molecule has 1 atom stereocenters. The number of hydrogen-bond acceptors (Lipinski definition) is 2. The molecule has 1 amide bonds. The predicted molar refractivity (Wildman–Crippen MR) is 67.3 cm³/mol. The Bertz CT molecular complexity index is 498. The van der Waals surface area contributed by atoms with E-state index >= 15 is 0 Å². The van der Waals surface area contributed by atoms with E-state index in [-0.39, 0.29) is 6.54 Å². The molecule has 1 saturated heterocycles. The summed E-state index contributed by atoms with van der Waals surface area (Å²) < 4.78 is 38.1. The highest BCUT2D eigenvalue weighted by molar-refractivity contribution is 5.94. The van der Waals surface area contributed by atoms with E-state index in [0.29, 0.717) is 5.56 Å². The fraction of sp³-hybridized carbons (Fsp3) is 0.500. The van der Waals surface area contributed by atoms with E-state index in [4.69, 9.17) is 0 Å². The second-order valence-electron chi connectivity index (χ2n) is 5.06. The van der Waals surface area contributed by atoms with E-state index in [1.54, 1.807) is 24.3 Å². The minimum absolute atomic E-state index is 0.0929. The van der Waals surface area contributed by atoms with Gasteiger partial charge in [0.15, 0.2) is 5.60 Å². The maximum Gasteiger partial charge on any atom is 0.419 e. The maximum atomic E-state index is 12.7. The number of halogens is 3. The molecule has 0 aromatic heterocycles. The molecule has 1 aromatic rings. The zero-order valence-corrected chi connectivity index (χ0v) is 11.1. The molecule has 20 heavy (non-hydrogen) atoms. The highest BCUT2D eigenvalue weighted by Gasteiger charge is 2.57. The van der Waals surface area contributed by atoms with E-state index in [1.165, 1.54) is 0 Å². The molecule has 2 rings (SSSR count). The largest absolute Gasteiger partial charge is 0.419 e. The van der Waals surface area contributed by atoms with Gasteiger partial charge < -0.3 is 10.0 Å². The van der Waals surface area contributed by atoms with Crippen LogP contribution in [0.3, 0.4) is 0 Å². The number of benzene rings is 1.